The molecule has 0 radical (unpaired) electrons. The number of carboxylic acids is 1. The van der Waals surface area contributed by atoms with Gasteiger partial charge >= 0.3 is 11.9 Å². The molecule has 1 heterocycles. The molecule has 1 rings (SSSR count). The summed E-state index contributed by atoms with van der Waals surface area (Å²) in [5.74, 6) is -1.01. The van der Waals surface area contributed by atoms with Gasteiger partial charge in [0.15, 0.2) is 0 Å². The molecule has 0 spiro atoms. The van der Waals surface area contributed by atoms with Gasteiger partial charge in [-0.1, -0.05) is 19.8 Å². The highest BCUT2D eigenvalue weighted by molar-refractivity contribution is 5.70. The van der Waals surface area contributed by atoms with Crippen molar-refractivity contribution in [2.24, 2.45) is 0 Å². The summed E-state index contributed by atoms with van der Waals surface area (Å²) < 4.78 is 5.45. The van der Waals surface area contributed by atoms with E-state index in [9.17, 15) is 9.59 Å². The van der Waals surface area contributed by atoms with Crippen LogP contribution in [0.2, 0.25) is 0 Å². The molecule has 122 valence electrons. The first kappa shape index (κ1) is 18.0. The largest absolute Gasteiger partial charge is 0.481 e. The Labute approximate surface area is 127 Å². The van der Waals surface area contributed by atoms with Gasteiger partial charge in [0.25, 0.3) is 0 Å². The summed E-state index contributed by atoms with van der Waals surface area (Å²) in [6.45, 7) is 5.33. The van der Waals surface area contributed by atoms with Crippen LogP contribution in [0.25, 0.3) is 0 Å². The molecule has 5 heteroatoms. The third kappa shape index (κ3) is 8.71. The Kier molecular flexibility index (Phi) is 9.06. The van der Waals surface area contributed by atoms with Gasteiger partial charge in [-0.3, -0.25) is 9.59 Å². The zero-order valence-electron chi connectivity index (χ0n) is 13.2. The van der Waals surface area contributed by atoms with Gasteiger partial charge in [-0.15, -0.1) is 0 Å². The fourth-order valence-corrected chi connectivity index (χ4v) is 2.68. The van der Waals surface area contributed by atoms with E-state index in [0.717, 1.165) is 45.3 Å². The summed E-state index contributed by atoms with van der Waals surface area (Å²) in [7, 11) is 0. The summed E-state index contributed by atoms with van der Waals surface area (Å²) in [6, 6.07) is 0. The maximum atomic E-state index is 11.8. The first-order valence-corrected chi connectivity index (χ1v) is 8.25. The number of ether oxygens (including phenoxy) is 1. The molecule has 0 bridgehead atoms. The zero-order valence-corrected chi connectivity index (χ0v) is 13.2. The van der Waals surface area contributed by atoms with Crippen molar-refractivity contribution in [3.8, 4) is 0 Å². The third-order valence-electron chi connectivity index (χ3n) is 3.91. The van der Waals surface area contributed by atoms with Gasteiger partial charge < -0.3 is 14.7 Å². The molecule has 1 aliphatic rings. The monoisotopic (exact) mass is 299 g/mol. The molecule has 0 aliphatic carbocycles. The Morgan fingerprint density at radius 2 is 1.86 bits per heavy atom. The average Bonchev–Trinajstić information content (AvgIpc) is 2.95. The minimum absolute atomic E-state index is 0.0649. The molecule has 1 unspecified atom stereocenters. The van der Waals surface area contributed by atoms with Crippen molar-refractivity contribution in [2.45, 2.75) is 70.8 Å². The molecule has 1 fully saturated rings. The summed E-state index contributed by atoms with van der Waals surface area (Å²) in [5.41, 5.74) is 0. The third-order valence-corrected chi connectivity index (χ3v) is 3.91. The van der Waals surface area contributed by atoms with Crippen molar-refractivity contribution in [3.63, 3.8) is 0 Å². The van der Waals surface area contributed by atoms with Gasteiger partial charge in [-0.2, -0.15) is 0 Å². The van der Waals surface area contributed by atoms with Gasteiger partial charge in [-0.25, -0.2) is 0 Å². The van der Waals surface area contributed by atoms with Gasteiger partial charge in [0.05, 0.1) is 0 Å². The van der Waals surface area contributed by atoms with E-state index in [0.29, 0.717) is 12.8 Å². The van der Waals surface area contributed by atoms with Gasteiger partial charge in [0.1, 0.15) is 6.10 Å². The Morgan fingerprint density at radius 1 is 1.14 bits per heavy atom. The van der Waals surface area contributed by atoms with Crippen LogP contribution in [-0.4, -0.2) is 47.7 Å². The second-order valence-electron chi connectivity index (χ2n) is 5.84. The summed E-state index contributed by atoms with van der Waals surface area (Å²) >= 11 is 0. The van der Waals surface area contributed by atoms with E-state index in [2.05, 4.69) is 11.8 Å². The number of nitrogens with zero attached hydrogens (tertiary/aromatic N) is 1. The molecule has 1 aliphatic heterocycles. The lowest BCUT2D eigenvalue weighted by Gasteiger charge is -2.18. The van der Waals surface area contributed by atoms with E-state index in [1.807, 2.05) is 0 Å². The maximum Gasteiger partial charge on any atom is 0.306 e. The lowest BCUT2D eigenvalue weighted by Crippen LogP contribution is -2.23. The van der Waals surface area contributed by atoms with Crippen molar-refractivity contribution in [1.82, 2.24) is 4.90 Å². The lowest BCUT2D eigenvalue weighted by atomic mass is 10.1. The van der Waals surface area contributed by atoms with Crippen LogP contribution in [0.3, 0.4) is 0 Å². The molecule has 0 saturated carbocycles. The van der Waals surface area contributed by atoms with Gasteiger partial charge in [0, 0.05) is 12.8 Å². The molecule has 1 N–H and O–H groups in total. The first-order chi connectivity index (χ1) is 10.1. The number of rotatable bonds is 11. The highest BCUT2D eigenvalue weighted by atomic mass is 16.5. The van der Waals surface area contributed by atoms with Crippen molar-refractivity contribution in [1.29, 1.82) is 0 Å². The van der Waals surface area contributed by atoms with E-state index >= 15 is 0 Å². The molecule has 21 heavy (non-hydrogen) atoms. The summed E-state index contributed by atoms with van der Waals surface area (Å²) in [4.78, 5) is 24.9. The average molecular weight is 299 g/mol. The molecular weight excluding hydrogens is 270 g/mol. The second kappa shape index (κ2) is 10.6. The Bertz CT molecular complexity index is 313. The van der Waals surface area contributed by atoms with Crippen LogP contribution < -0.4 is 0 Å². The van der Waals surface area contributed by atoms with Crippen molar-refractivity contribution < 1.29 is 19.4 Å². The minimum atomic E-state index is -0.832. The normalized spacial score (nSPS) is 16.8. The van der Waals surface area contributed by atoms with E-state index in [1.165, 1.54) is 12.8 Å². The van der Waals surface area contributed by atoms with Gasteiger partial charge in [0.2, 0.25) is 0 Å². The standard InChI is InChI=1S/C16H29NO4/c1-2-3-7-14(9-10-15(18)19)21-16(20)8-6-13-17-11-4-5-12-17/h14H,2-13H2,1H3,(H,18,19). The number of hydrogen-bond donors (Lipinski definition) is 1. The van der Waals surface area contributed by atoms with E-state index in [1.54, 1.807) is 0 Å². The van der Waals surface area contributed by atoms with E-state index in [4.69, 9.17) is 9.84 Å². The van der Waals surface area contributed by atoms with Crippen LogP contribution in [0.5, 0.6) is 0 Å². The molecule has 0 aromatic heterocycles. The number of esters is 1. The predicted molar refractivity (Wildman–Crippen MR) is 81.2 cm³/mol. The van der Waals surface area contributed by atoms with E-state index < -0.39 is 5.97 Å². The number of hydrogen-bond acceptors (Lipinski definition) is 4. The van der Waals surface area contributed by atoms with Crippen LogP contribution in [0.15, 0.2) is 0 Å². The van der Waals surface area contributed by atoms with Crippen LogP contribution in [0.1, 0.15) is 64.7 Å². The van der Waals surface area contributed by atoms with Crippen LogP contribution in [0.4, 0.5) is 0 Å². The number of likely N-dealkylation sites (tertiary alicyclic amines) is 1. The molecule has 0 amide bonds. The molecule has 1 atom stereocenters. The fourth-order valence-electron chi connectivity index (χ4n) is 2.68. The highest BCUT2D eigenvalue weighted by Crippen LogP contribution is 2.14. The van der Waals surface area contributed by atoms with Crippen LogP contribution >= 0.6 is 0 Å². The smallest absolute Gasteiger partial charge is 0.306 e. The van der Waals surface area contributed by atoms with E-state index in [-0.39, 0.29) is 18.5 Å². The number of aliphatic carboxylic acids is 1. The first-order valence-electron chi connectivity index (χ1n) is 8.25. The second-order valence-corrected chi connectivity index (χ2v) is 5.84. The Hall–Kier alpha value is -1.10. The number of carbonyl (C=O) groups is 2. The lowest BCUT2D eigenvalue weighted by molar-refractivity contribution is -0.151. The molecule has 5 nitrogen and oxygen atoms in total. The highest BCUT2D eigenvalue weighted by Gasteiger charge is 2.16. The zero-order chi connectivity index (χ0) is 15.5. The molecule has 1 saturated heterocycles. The fraction of sp³-hybridized carbons (Fsp3) is 0.875. The summed E-state index contributed by atoms with van der Waals surface area (Å²) in [6.07, 6.45) is 6.80. The number of unbranched alkanes of at least 4 members (excludes halogenated alkanes) is 1. The van der Waals surface area contributed by atoms with Crippen molar-refractivity contribution in [3.05, 3.63) is 0 Å². The van der Waals surface area contributed by atoms with Crippen LogP contribution in [0, 0.1) is 0 Å². The topological polar surface area (TPSA) is 66.8 Å². The van der Waals surface area contributed by atoms with Crippen molar-refractivity contribution in [2.75, 3.05) is 19.6 Å². The Balaban J connectivity index is 2.20. The SMILES string of the molecule is CCCCC(CCC(=O)O)OC(=O)CCCN1CCCC1. The number of carboxylic acid groups (broad SMARTS) is 1. The van der Waals surface area contributed by atoms with Gasteiger partial charge in [-0.05, 0) is 51.7 Å². The molecule has 0 aromatic carbocycles. The van der Waals surface area contributed by atoms with Crippen molar-refractivity contribution >= 4 is 11.9 Å². The molecular formula is C16H29NO4. The Morgan fingerprint density at radius 3 is 2.48 bits per heavy atom. The number of carbonyl (C=O) groups excluding carboxylic acids is 1. The summed E-state index contributed by atoms with van der Waals surface area (Å²) in [5, 5.41) is 8.74. The quantitative estimate of drug-likeness (QED) is 0.594. The maximum absolute atomic E-state index is 11.8. The van der Waals surface area contributed by atoms with Crippen LogP contribution in [-0.2, 0) is 14.3 Å². The minimum Gasteiger partial charge on any atom is -0.481 e. The molecule has 0 aromatic rings. The predicted octanol–water partition coefficient (Wildman–Crippen LogP) is 2.83.